The fourth-order valence-electron chi connectivity index (χ4n) is 12.4. The van der Waals surface area contributed by atoms with Crippen LogP contribution in [0.4, 0.5) is 17.1 Å². The highest BCUT2D eigenvalue weighted by Crippen LogP contribution is 2.54. The number of para-hydroxylation sites is 4. The Bertz CT molecular complexity index is 3950. The van der Waals surface area contributed by atoms with Gasteiger partial charge in [0.1, 0.15) is 0 Å². The summed E-state index contributed by atoms with van der Waals surface area (Å²) in [5, 5.41) is 4.93. The van der Waals surface area contributed by atoms with E-state index in [4.69, 9.17) is 0 Å². The molecule has 69 heavy (non-hydrogen) atoms. The van der Waals surface area contributed by atoms with Gasteiger partial charge in [-0.25, -0.2) is 0 Å². The van der Waals surface area contributed by atoms with Crippen LogP contribution in [0.25, 0.3) is 88.4 Å². The zero-order valence-electron chi connectivity index (χ0n) is 39.2. The topological polar surface area (TPSA) is 13.1 Å². The van der Waals surface area contributed by atoms with Gasteiger partial charge in [-0.05, 0) is 134 Å². The van der Waals surface area contributed by atoms with Gasteiger partial charge in [-0.2, -0.15) is 0 Å². The molecule has 10 aromatic carbocycles. The Hall–Kier alpha value is -8.40. The molecule has 0 aliphatic heterocycles. The van der Waals surface area contributed by atoms with Crippen LogP contribution in [0.15, 0.2) is 224 Å². The quantitative estimate of drug-likeness (QED) is 0.162. The summed E-state index contributed by atoms with van der Waals surface area (Å²) in [7, 11) is 0. The van der Waals surface area contributed by atoms with Crippen LogP contribution in [0, 0.1) is 0 Å². The zero-order chi connectivity index (χ0) is 46.2. The van der Waals surface area contributed by atoms with Gasteiger partial charge in [-0.1, -0.05) is 173 Å². The number of rotatable bonds is 6. The van der Waals surface area contributed by atoms with E-state index in [0.29, 0.717) is 0 Å². The molecular weight excluding hydrogens is 835 g/mol. The van der Waals surface area contributed by atoms with Crippen molar-refractivity contribution in [1.29, 1.82) is 0 Å². The third kappa shape index (κ3) is 5.62. The van der Waals surface area contributed by atoms with Crippen molar-refractivity contribution in [2.75, 3.05) is 4.90 Å². The molecule has 3 nitrogen and oxygen atoms in total. The highest BCUT2D eigenvalue weighted by atomic mass is 15.1. The maximum atomic E-state index is 2.49. The standard InChI is InChI=1S/C66H49N3/c1-65(2)56-27-15-11-23-48(56)50-37-35-46(39-58(50)65)67(47-36-38-51-49-24-12-16-28-57(49)66(3,4)59(51)40-47)45-33-31-42(32-34-45)54-41-55-52-25-13-17-29-60(52)68(43-19-7-5-8-20-43)63(55)64-62(54)53-26-14-18-30-61(53)69(64)44-21-9-6-10-22-44/h5-41H,1-4H3. The average Bonchev–Trinajstić information content (AvgIpc) is 4.06. The molecule has 0 N–H and O–H groups in total. The van der Waals surface area contributed by atoms with Gasteiger partial charge in [0, 0.05) is 60.8 Å². The number of nitrogens with zero attached hydrogens (tertiary/aromatic N) is 3. The van der Waals surface area contributed by atoms with Gasteiger partial charge in [0.2, 0.25) is 0 Å². The predicted molar refractivity (Wildman–Crippen MR) is 290 cm³/mol. The monoisotopic (exact) mass is 883 g/mol. The largest absolute Gasteiger partial charge is 0.310 e. The third-order valence-corrected chi connectivity index (χ3v) is 15.7. The summed E-state index contributed by atoms with van der Waals surface area (Å²) in [6.07, 6.45) is 0. The minimum absolute atomic E-state index is 0.133. The smallest absolute Gasteiger partial charge is 0.0795 e. The summed E-state index contributed by atoms with van der Waals surface area (Å²) in [6.45, 7) is 9.50. The molecule has 14 rings (SSSR count). The lowest BCUT2D eigenvalue weighted by atomic mass is 9.82. The molecule has 3 heteroatoms. The normalized spacial score (nSPS) is 14.0. The van der Waals surface area contributed by atoms with Crippen molar-refractivity contribution in [3.05, 3.63) is 247 Å². The Balaban J connectivity index is 1.01. The van der Waals surface area contributed by atoms with E-state index >= 15 is 0 Å². The summed E-state index contributed by atoms with van der Waals surface area (Å²) in [6, 6.07) is 83.6. The van der Waals surface area contributed by atoms with Crippen LogP contribution < -0.4 is 4.90 Å². The molecule has 0 saturated carbocycles. The van der Waals surface area contributed by atoms with Crippen molar-refractivity contribution in [3.8, 4) is 44.8 Å². The highest BCUT2D eigenvalue weighted by Gasteiger charge is 2.38. The summed E-state index contributed by atoms with van der Waals surface area (Å²) in [5.41, 5.74) is 23.4. The molecule has 2 aliphatic carbocycles. The van der Waals surface area contributed by atoms with E-state index in [1.807, 2.05) is 0 Å². The molecule has 0 amide bonds. The second kappa shape index (κ2) is 14.6. The van der Waals surface area contributed by atoms with Crippen molar-refractivity contribution in [2.24, 2.45) is 0 Å². The van der Waals surface area contributed by atoms with E-state index < -0.39 is 0 Å². The van der Waals surface area contributed by atoms with Gasteiger partial charge in [0.25, 0.3) is 0 Å². The molecular formula is C66H49N3. The van der Waals surface area contributed by atoms with Crippen molar-refractivity contribution >= 4 is 60.7 Å². The fourth-order valence-corrected chi connectivity index (χ4v) is 12.4. The van der Waals surface area contributed by atoms with Crippen molar-refractivity contribution in [1.82, 2.24) is 9.13 Å². The summed E-state index contributed by atoms with van der Waals surface area (Å²) in [5.74, 6) is 0. The number of benzene rings is 10. The van der Waals surface area contributed by atoms with Crippen LogP contribution in [0.3, 0.4) is 0 Å². The fraction of sp³-hybridized carbons (Fsp3) is 0.0909. The van der Waals surface area contributed by atoms with Gasteiger partial charge in [0.05, 0.1) is 22.1 Å². The Morgan fingerprint density at radius 3 is 1.32 bits per heavy atom. The van der Waals surface area contributed by atoms with Crippen LogP contribution in [0.2, 0.25) is 0 Å². The predicted octanol–water partition coefficient (Wildman–Crippen LogP) is 17.6. The van der Waals surface area contributed by atoms with Crippen LogP contribution in [-0.4, -0.2) is 9.13 Å². The molecule has 2 aromatic heterocycles. The lowest BCUT2D eigenvalue weighted by Gasteiger charge is -2.30. The average molecular weight is 884 g/mol. The van der Waals surface area contributed by atoms with Crippen molar-refractivity contribution in [3.63, 3.8) is 0 Å². The molecule has 0 spiro atoms. The van der Waals surface area contributed by atoms with E-state index in [-0.39, 0.29) is 10.8 Å². The zero-order valence-corrected chi connectivity index (χ0v) is 39.2. The van der Waals surface area contributed by atoms with Gasteiger partial charge < -0.3 is 14.0 Å². The van der Waals surface area contributed by atoms with Gasteiger partial charge >= 0.3 is 0 Å². The van der Waals surface area contributed by atoms with E-state index in [1.54, 1.807) is 0 Å². The van der Waals surface area contributed by atoms with Gasteiger partial charge in [-0.3, -0.25) is 0 Å². The maximum Gasteiger partial charge on any atom is 0.0795 e. The minimum Gasteiger partial charge on any atom is -0.310 e. The van der Waals surface area contributed by atoms with E-state index in [0.717, 1.165) is 28.4 Å². The highest BCUT2D eigenvalue weighted by molar-refractivity contribution is 6.28. The molecule has 0 bridgehead atoms. The first-order valence-corrected chi connectivity index (χ1v) is 24.3. The van der Waals surface area contributed by atoms with Crippen LogP contribution in [0.1, 0.15) is 49.9 Å². The number of aromatic nitrogens is 2. The molecule has 0 fully saturated rings. The van der Waals surface area contributed by atoms with Crippen LogP contribution in [-0.2, 0) is 10.8 Å². The molecule has 12 aromatic rings. The Labute approximate surface area is 402 Å². The van der Waals surface area contributed by atoms with Crippen molar-refractivity contribution in [2.45, 2.75) is 38.5 Å². The van der Waals surface area contributed by atoms with Crippen LogP contribution >= 0.6 is 0 Å². The molecule has 0 atom stereocenters. The molecule has 328 valence electrons. The lowest BCUT2D eigenvalue weighted by molar-refractivity contribution is 0.660. The maximum absolute atomic E-state index is 2.49. The Morgan fingerprint density at radius 2 is 0.754 bits per heavy atom. The van der Waals surface area contributed by atoms with Gasteiger partial charge in [0.15, 0.2) is 0 Å². The first-order chi connectivity index (χ1) is 33.8. The first kappa shape index (κ1) is 39.7. The van der Waals surface area contributed by atoms with E-state index in [2.05, 4.69) is 266 Å². The Morgan fingerprint density at radius 1 is 0.319 bits per heavy atom. The van der Waals surface area contributed by atoms with Crippen molar-refractivity contribution < 1.29 is 0 Å². The minimum atomic E-state index is -0.133. The number of anilines is 3. The molecule has 0 radical (unpaired) electrons. The number of hydrogen-bond donors (Lipinski definition) is 0. The second-order valence-electron chi connectivity index (χ2n) is 20.1. The number of fused-ring (bicyclic) bond motifs is 13. The van der Waals surface area contributed by atoms with Gasteiger partial charge in [-0.15, -0.1) is 0 Å². The molecule has 0 unspecified atom stereocenters. The molecule has 2 aliphatic rings. The summed E-state index contributed by atoms with van der Waals surface area (Å²) in [4.78, 5) is 2.48. The van der Waals surface area contributed by atoms with Crippen LogP contribution in [0.5, 0.6) is 0 Å². The number of hydrogen-bond acceptors (Lipinski definition) is 1. The first-order valence-electron chi connectivity index (χ1n) is 24.3. The molecule has 2 heterocycles. The second-order valence-corrected chi connectivity index (χ2v) is 20.1. The summed E-state index contributed by atoms with van der Waals surface area (Å²) < 4.78 is 4.97. The Kier molecular flexibility index (Phi) is 8.38. The summed E-state index contributed by atoms with van der Waals surface area (Å²) >= 11 is 0. The molecule has 0 saturated heterocycles. The van der Waals surface area contributed by atoms with E-state index in [9.17, 15) is 0 Å². The van der Waals surface area contributed by atoms with E-state index in [1.165, 1.54) is 99.2 Å². The lowest BCUT2D eigenvalue weighted by Crippen LogP contribution is -2.18. The SMILES string of the molecule is CC1(C)c2ccccc2-c2ccc(N(c3ccc(-c4cc5c6ccccc6n(-c6ccccc6)c5c5c4c4ccccc4n5-c4ccccc4)cc3)c3ccc4c(c3)C(C)(C)c3ccccc3-4)cc21. The third-order valence-electron chi connectivity index (χ3n) is 15.7.